The fourth-order valence-corrected chi connectivity index (χ4v) is 3.21. The number of rotatable bonds is 3. The van der Waals surface area contributed by atoms with Gasteiger partial charge in [0.25, 0.3) is 0 Å². The van der Waals surface area contributed by atoms with E-state index in [1.165, 1.54) is 11.1 Å². The summed E-state index contributed by atoms with van der Waals surface area (Å²) in [5.74, 6) is 0.544. The number of aryl methyl sites for hydroxylation is 1. The quantitative estimate of drug-likeness (QED) is 0.944. The average Bonchev–Trinajstić information content (AvgIpc) is 2.93. The fraction of sp³-hybridized carbons (Fsp3) is 0.412. The van der Waals surface area contributed by atoms with E-state index in [0.29, 0.717) is 11.6 Å². The number of hydrogen-bond acceptors (Lipinski definition) is 3. The third kappa shape index (κ3) is 3.13. The maximum Gasteiger partial charge on any atom is 0.244 e. The highest BCUT2D eigenvalue weighted by atomic mass is 16.2. The average molecular weight is 298 g/mol. The number of nitrogens with two attached hydrogens (primary N) is 1. The van der Waals surface area contributed by atoms with Crippen LogP contribution in [0.5, 0.6) is 0 Å². The van der Waals surface area contributed by atoms with Crippen molar-refractivity contribution in [3.63, 3.8) is 0 Å². The van der Waals surface area contributed by atoms with E-state index in [1.807, 2.05) is 4.90 Å². The Morgan fingerprint density at radius 3 is 2.95 bits per heavy atom. The summed E-state index contributed by atoms with van der Waals surface area (Å²) in [5.41, 5.74) is 8.90. The molecule has 0 bridgehead atoms. The fourth-order valence-electron chi connectivity index (χ4n) is 3.21. The highest BCUT2D eigenvalue weighted by molar-refractivity contribution is 5.76. The summed E-state index contributed by atoms with van der Waals surface area (Å²) in [7, 11) is 0. The predicted molar refractivity (Wildman–Crippen MR) is 86.4 cm³/mol. The molecule has 1 saturated heterocycles. The first-order chi connectivity index (χ1) is 10.6. The zero-order valence-corrected chi connectivity index (χ0v) is 12.9. The van der Waals surface area contributed by atoms with E-state index in [9.17, 15) is 4.79 Å². The van der Waals surface area contributed by atoms with Crippen LogP contribution >= 0.6 is 0 Å². The largest absolute Gasteiger partial charge is 0.396 e. The second kappa shape index (κ2) is 6.22. The number of likely N-dealkylation sites (tertiary alicyclic amines) is 1. The summed E-state index contributed by atoms with van der Waals surface area (Å²) >= 11 is 0. The Morgan fingerprint density at radius 2 is 2.23 bits per heavy atom. The molecule has 22 heavy (non-hydrogen) atoms. The van der Waals surface area contributed by atoms with Gasteiger partial charge in [0.1, 0.15) is 6.54 Å². The molecule has 2 heterocycles. The van der Waals surface area contributed by atoms with Crippen molar-refractivity contribution in [2.75, 3.05) is 18.8 Å². The van der Waals surface area contributed by atoms with Crippen molar-refractivity contribution in [3.8, 4) is 0 Å². The molecule has 0 spiro atoms. The molecule has 1 aliphatic heterocycles. The predicted octanol–water partition coefficient (Wildman–Crippen LogP) is 2.18. The van der Waals surface area contributed by atoms with Gasteiger partial charge in [-0.15, -0.1) is 0 Å². The van der Waals surface area contributed by atoms with Gasteiger partial charge in [-0.1, -0.05) is 24.3 Å². The molecule has 1 aromatic carbocycles. The summed E-state index contributed by atoms with van der Waals surface area (Å²) in [6.07, 6.45) is 5.45. The van der Waals surface area contributed by atoms with Crippen molar-refractivity contribution in [1.82, 2.24) is 14.7 Å². The number of benzene rings is 1. The van der Waals surface area contributed by atoms with Gasteiger partial charge in [-0.25, -0.2) is 0 Å². The van der Waals surface area contributed by atoms with E-state index in [2.05, 4.69) is 36.3 Å². The van der Waals surface area contributed by atoms with E-state index < -0.39 is 0 Å². The Hall–Kier alpha value is -2.30. The minimum absolute atomic E-state index is 0.112. The number of piperidine rings is 1. The third-order valence-electron chi connectivity index (χ3n) is 4.35. The van der Waals surface area contributed by atoms with E-state index in [0.717, 1.165) is 25.9 Å². The van der Waals surface area contributed by atoms with Crippen LogP contribution in [0.4, 0.5) is 5.69 Å². The number of hydrogen-bond donors (Lipinski definition) is 1. The maximum atomic E-state index is 12.5. The van der Waals surface area contributed by atoms with E-state index in [4.69, 9.17) is 5.73 Å². The van der Waals surface area contributed by atoms with Crippen molar-refractivity contribution < 1.29 is 4.79 Å². The number of aromatic nitrogens is 2. The summed E-state index contributed by atoms with van der Waals surface area (Å²) in [4.78, 5) is 14.4. The molecule has 1 unspecified atom stereocenters. The van der Waals surface area contributed by atoms with Gasteiger partial charge in [-0.3, -0.25) is 9.48 Å². The Balaban J connectivity index is 1.67. The molecule has 1 atom stereocenters. The Bertz CT molecular complexity index is 664. The van der Waals surface area contributed by atoms with Gasteiger partial charge in [-0.05, 0) is 30.9 Å². The van der Waals surface area contributed by atoms with Crippen LogP contribution in [0.3, 0.4) is 0 Å². The highest BCUT2D eigenvalue weighted by Gasteiger charge is 2.25. The summed E-state index contributed by atoms with van der Waals surface area (Å²) < 4.78 is 1.61. The van der Waals surface area contributed by atoms with E-state index >= 15 is 0 Å². The summed E-state index contributed by atoms with van der Waals surface area (Å²) in [6, 6.07) is 8.47. The second-order valence-corrected chi connectivity index (χ2v) is 6.01. The lowest BCUT2D eigenvalue weighted by molar-refractivity contribution is -0.133. The molecule has 116 valence electrons. The normalized spacial score (nSPS) is 18.4. The van der Waals surface area contributed by atoms with Crippen LogP contribution in [0.1, 0.15) is 29.9 Å². The molecule has 5 heteroatoms. The molecule has 1 fully saturated rings. The van der Waals surface area contributed by atoms with Crippen molar-refractivity contribution >= 4 is 11.6 Å². The highest BCUT2D eigenvalue weighted by Crippen LogP contribution is 2.29. The minimum atomic E-state index is 0.112. The maximum absolute atomic E-state index is 12.5. The first kappa shape index (κ1) is 14.6. The smallest absolute Gasteiger partial charge is 0.244 e. The minimum Gasteiger partial charge on any atom is -0.396 e. The van der Waals surface area contributed by atoms with Crippen LogP contribution in [0, 0.1) is 6.92 Å². The molecule has 2 N–H and O–H groups in total. The number of nitrogens with zero attached hydrogens (tertiary/aromatic N) is 3. The molecule has 1 aromatic heterocycles. The number of carbonyl (C=O) groups is 1. The molecule has 5 nitrogen and oxygen atoms in total. The summed E-state index contributed by atoms with van der Waals surface area (Å²) in [5, 5.41) is 4.09. The topological polar surface area (TPSA) is 64.2 Å². The lowest BCUT2D eigenvalue weighted by Crippen LogP contribution is -2.41. The van der Waals surface area contributed by atoms with Gasteiger partial charge in [0.15, 0.2) is 0 Å². The van der Waals surface area contributed by atoms with Crippen molar-refractivity contribution in [1.29, 1.82) is 0 Å². The summed E-state index contributed by atoms with van der Waals surface area (Å²) in [6.45, 7) is 4.03. The molecular weight excluding hydrogens is 276 g/mol. The zero-order valence-electron chi connectivity index (χ0n) is 12.9. The van der Waals surface area contributed by atoms with E-state index in [-0.39, 0.29) is 12.5 Å². The lowest BCUT2D eigenvalue weighted by atomic mass is 9.88. The first-order valence-electron chi connectivity index (χ1n) is 7.74. The SMILES string of the molecule is Cc1ccccc1C1CCCN(C(=O)Cn2cc(N)cn2)C1. The number of anilines is 1. The number of amides is 1. The molecule has 1 amide bonds. The molecule has 0 aliphatic carbocycles. The lowest BCUT2D eigenvalue weighted by Gasteiger charge is -2.33. The van der Waals surface area contributed by atoms with Crippen molar-refractivity contribution in [2.45, 2.75) is 32.2 Å². The van der Waals surface area contributed by atoms with Crippen molar-refractivity contribution in [2.24, 2.45) is 0 Å². The third-order valence-corrected chi connectivity index (χ3v) is 4.35. The Kier molecular flexibility index (Phi) is 4.13. The first-order valence-corrected chi connectivity index (χ1v) is 7.74. The van der Waals surface area contributed by atoms with Gasteiger partial charge in [0.2, 0.25) is 5.91 Å². The van der Waals surface area contributed by atoms with Crippen LogP contribution < -0.4 is 5.73 Å². The second-order valence-electron chi connectivity index (χ2n) is 6.01. The van der Waals surface area contributed by atoms with Crippen LogP contribution in [0.25, 0.3) is 0 Å². The number of nitrogen functional groups attached to an aromatic ring is 1. The van der Waals surface area contributed by atoms with Gasteiger partial charge in [-0.2, -0.15) is 5.10 Å². The van der Waals surface area contributed by atoms with Crippen LogP contribution in [0.15, 0.2) is 36.7 Å². The van der Waals surface area contributed by atoms with Gasteiger partial charge >= 0.3 is 0 Å². The zero-order chi connectivity index (χ0) is 15.5. The van der Waals surface area contributed by atoms with Crippen LogP contribution in [-0.2, 0) is 11.3 Å². The van der Waals surface area contributed by atoms with Gasteiger partial charge in [0, 0.05) is 25.2 Å². The van der Waals surface area contributed by atoms with E-state index in [1.54, 1.807) is 17.1 Å². The molecule has 1 aliphatic rings. The molecule has 0 radical (unpaired) electrons. The van der Waals surface area contributed by atoms with Crippen LogP contribution in [0.2, 0.25) is 0 Å². The molecule has 0 saturated carbocycles. The standard InChI is InChI=1S/C17H22N4O/c1-13-5-2-3-7-16(13)14-6-4-8-20(10-14)17(22)12-21-11-15(18)9-19-21/h2-3,5,7,9,11,14H,4,6,8,10,12,18H2,1H3. The van der Waals surface area contributed by atoms with Crippen LogP contribution in [-0.4, -0.2) is 33.7 Å². The Morgan fingerprint density at radius 1 is 1.41 bits per heavy atom. The Labute approximate surface area is 130 Å². The van der Waals surface area contributed by atoms with Gasteiger partial charge < -0.3 is 10.6 Å². The molecular formula is C17H22N4O. The van der Waals surface area contributed by atoms with Gasteiger partial charge in [0.05, 0.1) is 11.9 Å². The monoisotopic (exact) mass is 298 g/mol. The molecule has 2 aromatic rings. The number of carbonyl (C=O) groups excluding carboxylic acids is 1. The molecule has 3 rings (SSSR count). The van der Waals surface area contributed by atoms with Crippen molar-refractivity contribution in [3.05, 3.63) is 47.8 Å².